The molecule has 0 aliphatic rings. The lowest BCUT2D eigenvalue weighted by atomic mass is 10.2. The average molecular weight is 213 g/mol. The maximum Gasteiger partial charge on any atom is 0.387 e. The fourth-order valence-electron chi connectivity index (χ4n) is 0.859. The van der Waals surface area contributed by atoms with Gasteiger partial charge < -0.3 is 10.1 Å². The van der Waals surface area contributed by atoms with E-state index in [-0.39, 0.29) is 17.1 Å². The van der Waals surface area contributed by atoms with Crippen molar-refractivity contribution in [2.24, 2.45) is 0 Å². The van der Waals surface area contributed by atoms with Crippen LogP contribution in [0.5, 0.6) is 5.75 Å². The van der Waals surface area contributed by atoms with Gasteiger partial charge in [0.05, 0.1) is 11.8 Å². The predicted molar refractivity (Wildman–Crippen MR) is 45.3 cm³/mol. The van der Waals surface area contributed by atoms with Crippen molar-refractivity contribution in [3.63, 3.8) is 0 Å². The van der Waals surface area contributed by atoms with E-state index in [1.165, 1.54) is 0 Å². The van der Waals surface area contributed by atoms with Crippen LogP contribution in [0.4, 0.5) is 14.6 Å². The van der Waals surface area contributed by atoms with Gasteiger partial charge in [-0.3, -0.25) is 4.79 Å². The Morgan fingerprint density at radius 1 is 1.67 bits per heavy atom. The summed E-state index contributed by atoms with van der Waals surface area (Å²) >= 11 is 0. The Kier molecular flexibility index (Phi) is 3.51. The molecule has 78 valence electrons. The Morgan fingerprint density at radius 2 is 2.40 bits per heavy atom. The van der Waals surface area contributed by atoms with Crippen LogP contribution >= 0.6 is 0 Å². The Bertz CT molecular complexity index is 403. The molecule has 0 aliphatic heterocycles. The number of anilines is 1. The summed E-state index contributed by atoms with van der Waals surface area (Å²) in [7, 11) is 0. The number of carbonyl (C=O) groups excluding carboxylic acids is 1. The van der Waals surface area contributed by atoms with Gasteiger partial charge in [-0.1, -0.05) is 0 Å². The van der Waals surface area contributed by atoms with E-state index in [0.717, 1.165) is 12.3 Å². The fraction of sp³-hybridized carbons (Fsp3) is 0.125. The van der Waals surface area contributed by atoms with Crippen molar-refractivity contribution < 1.29 is 18.3 Å². The van der Waals surface area contributed by atoms with E-state index < -0.39 is 6.61 Å². The Morgan fingerprint density at radius 3 is 2.93 bits per heavy atom. The van der Waals surface area contributed by atoms with Crippen LogP contribution in [0.1, 0.15) is 5.56 Å². The normalized spacial score (nSPS) is 9.47. The molecule has 1 aromatic heterocycles. The highest BCUT2D eigenvalue weighted by Gasteiger charge is 2.10. The molecular weight excluding hydrogens is 208 g/mol. The number of nitrogens with one attached hydrogen (secondary N) is 1. The van der Waals surface area contributed by atoms with Gasteiger partial charge in [0.25, 0.3) is 0 Å². The number of alkyl halides is 2. The summed E-state index contributed by atoms with van der Waals surface area (Å²) in [6, 6.07) is 2.78. The first-order chi connectivity index (χ1) is 7.17. The summed E-state index contributed by atoms with van der Waals surface area (Å²) in [5, 5.41) is 10.8. The van der Waals surface area contributed by atoms with Crippen molar-refractivity contribution in [3.8, 4) is 11.8 Å². The molecule has 15 heavy (non-hydrogen) atoms. The molecular formula is C8H5F2N3O2. The minimum atomic E-state index is -3.02. The van der Waals surface area contributed by atoms with E-state index in [2.05, 4.69) is 15.0 Å². The predicted octanol–water partition coefficient (Wildman–Crippen LogP) is 1.12. The quantitative estimate of drug-likeness (QED) is 0.760. The molecule has 1 amide bonds. The molecule has 0 saturated carbocycles. The number of ether oxygens (including phenoxy) is 1. The fourth-order valence-corrected chi connectivity index (χ4v) is 0.859. The van der Waals surface area contributed by atoms with E-state index in [9.17, 15) is 13.6 Å². The van der Waals surface area contributed by atoms with E-state index >= 15 is 0 Å². The van der Waals surface area contributed by atoms with Crippen LogP contribution in [0.2, 0.25) is 0 Å². The summed E-state index contributed by atoms with van der Waals surface area (Å²) in [6.07, 6.45) is 1.30. The van der Waals surface area contributed by atoms with E-state index in [0.29, 0.717) is 6.41 Å². The molecule has 0 saturated heterocycles. The van der Waals surface area contributed by atoms with Crippen LogP contribution in [0, 0.1) is 11.3 Å². The molecule has 0 bridgehead atoms. The van der Waals surface area contributed by atoms with Crippen molar-refractivity contribution in [1.29, 1.82) is 5.26 Å². The first-order valence-electron chi connectivity index (χ1n) is 3.72. The van der Waals surface area contributed by atoms with Gasteiger partial charge in [-0.2, -0.15) is 14.0 Å². The third-order valence-corrected chi connectivity index (χ3v) is 1.41. The smallest absolute Gasteiger partial charge is 0.387 e. The van der Waals surface area contributed by atoms with Gasteiger partial charge in [0, 0.05) is 6.07 Å². The Balaban J connectivity index is 2.99. The largest absolute Gasteiger partial charge is 0.432 e. The molecule has 0 aliphatic carbocycles. The van der Waals surface area contributed by atoms with Crippen molar-refractivity contribution in [3.05, 3.63) is 17.8 Å². The first-order valence-corrected chi connectivity index (χ1v) is 3.72. The molecule has 1 N–H and O–H groups in total. The number of hydrogen-bond donors (Lipinski definition) is 1. The lowest BCUT2D eigenvalue weighted by Gasteiger charge is -2.06. The van der Waals surface area contributed by atoms with Crippen LogP contribution in [0.3, 0.4) is 0 Å². The van der Waals surface area contributed by atoms with Crippen molar-refractivity contribution in [2.75, 3.05) is 5.32 Å². The molecule has 5 nitrogen and oxygen atoms in total. The zero-order valence-corrected chi connectivity index (χ0v) is 7.28. The molecule has 0 aromatic carbocycles. The van der Waals surface area contributed by atoms with Gasteiger partial charge in [-0.15, -0.1) is 0 Å². The topological polar surface area (TPSA) is 75.0 Å². The van der Waals surface area contributed by atoms with Gasteiger partial charge in [0.1, 0.15) is 11.9 Å². The molecule has 7 heteroatoms. The van der Waals surface area contributed by atoms with Gasteiger partial charge in [-0.05, 0) is 0 Å². The number of carbonyl (C=O) groups is 1. The molecule has 0 fully saturated rings. The second-order valence-corrected chi connectivity index (χ2v) is 2.32. The van der Waals surface area contributed by atoms with Crippen molar-refractivity contribution in [2.45, 2.75) is 6.61 Å². The molecule has 0 radical (unpaired) electrons. The number of amides is 1. The second-order valence-electron chi connectivity index (χ2n) is 2.32. The average Bonchev–Trinajstić information content (AvgIpc) is 2.20. The third kappa shape index (κ3) is 2.87. The monoisotopic (exact) mass is 213 g/mol. The third-order valence-electron chi connectivity index (χ3n) is 1.41. The number of hydrogen-bond acceptors (Lipinski definition) is 4. The lowest BCUT2D eigenvalue weighted by molar-refractivity contribution is -0.105. The molecule has 0 spiro atoms. The molecule has 1 rings (SSSR count). The van der Waals surface area contributed by atoms with E-state index in [4.69, 9.17) is 5.26 Å². The molecule has 0 unspecified atom stereocenters. The zero-order chi connectivity index (χ0) is 11.3. The number of nitrogens with zero attached hydrogens (tertiary/aromatic N) is 2. The maximum absolute atomic E-state index is 11.9. The summed E-state index contributed by atoms with van der Waals surface area (Å²) in [5.41, 5.74) is -0.130. The van der Waals surface area contributed by atoms with Gasteiger partial charge in [-0.25, -0.2) is 4.98 Å². The summed E-state index contributed by atoms with van der Waals surface area (Å²) in [5.74, 6) is -0.243. The van der Waals surface area contributed by atoms with Crippen LogP contribution in [-0.2, 0) is 4.79 Å². The van der Waals surface area contributed by atoms with Gasteiger partial charge >= 0.3 is 6.61 Å². The van der Waals surface area contributed by atoms with Crippen molar-refractivity contribution in [1.82, 2.24) is 4.98 Å². The molecule has 1 aromatic rings. The first kappa shape index (κ1) is 10.8. The highest BCUT2D eigenvalue weighted by Crippen LogP contribution is 2.20. The van der Waals surface area contributed by atoms with Gasteiger partial charge in [0.2, 0.25) is 6.41 Å². The number of aromatic nitrogens is 1. The van der Waals surface area contributed by atoms with Crippen molar-refractivity contribution >= 4 is 12.2 Å². The molecule has 0 atom stereocenters. The van der Waals surface area contributed by atoms with E-state index in [1.54, 1.807) is 6.07 Å². The SMILES string of the molecule is N#Cc1cc(NC=O)ncc1OC(F)F. The Labute approximate surface area is 83.3 Å². The Hall–Kier alpha value is -2.23. The standard InChI is InChI=1S/C8H5F2N3O2/c9-8(10)15-6-3-12-7(13-4-14)1-5(6)2-11/h1,3-4,8H,(H,12,13,14). The van der Waals surface area contributed by atoms with Crippen LogP contribution in [0.25, 0.3) is 0 Å². The number of rotatable bonds is 4. The highest BCUT2D eigenvalue weighted by molar-refractivity contribution is 5.69. The summed E-state index contributed by atoms with van der Waals surface area (Å²) in [6.45, 7) is -3.02. The van der Waals surface area contributed by atoms with Crippen LogP contribution in [0.15, 0.2) is 12.3 Å². The second kappa shape index (κ2) is 4.85. The highest BCUT2D eigenvalue weighted by atomic mass is 19.3. The lowest BCUT2D eigenvalue weighted by Crippen LogP contribution is -2.05. The van der Waals surface area contributed by atoms with E-state index in [1.807, 2.05) is 0 Å². The van der Waals surface area contributed by atoms with Gasteiger partial charge in [0.15, 0.2) is 5.75 Å². The van der Waals surface area contributed by atoms with Crippen LogP contribution in [-0.4, -0.2) is 18.0 Å². The number of halogens is 2. The molecule has 1 heterocycles. The van der Waals surface area contributed by atoms with Crippen LogP contribution < -0.4 is 10.1 Å². The summed E-state index contributed by atoms with van der Waals surface area (Å²) < 4.78 is 27.7. The maximum atomic E-state index is 11.9. The summed E-state index contributed by atoms with van der Waals surface area (Å²) in [4.78, 5) is 13.6. The number of pyridine rings is 1. The minimum Gasteiger partial charge on any atom is -0.432 e. The zero-order valence-electron chi connectivity index (χ0n) is 7.28. The number of nitriles is 1. The minimum absolute atomic E-state index is 0.0863.